The fourth-order valence-electron chi connectivity index (χ4n) is 3.09. The Morgan fingerprint density at radius 3 is 2.33 bits per heavy atom. The average Bonchev–Trinajstić information content (AvgIpc) is 3.25. The second-order valence-corrected chi connectivity index (χ2v) is 7.19. The molecule has 0 amide bonds. The maximum atomic E-state index is 13.2. The highest BCUT2D eigenvalue weighted by Gasteiger charge is 2.38. The topological polar surface area (TPSA) is 78.0 Å². The van der Waals surface area contributed by atoms with Crippen LogP contribution in [-0.4, -0.2) is 33.8 Å². The summed E-state index contributed by atoms with van der Waals surface area (Å²) in [6, 6.07) is 21.6. The van der Waals surface area contributed by atoms with Crippen LogP contribution in [0.2, 0.25) is 0 Å². The minimum atomic E-state index is -5.08. The number of nitrogens with zero attached hydrogens (tertiary/aromatic N) is 1. The van der Waals surface area contributed by atoms with E-state index < -0.39 is 12.1 Å². The summed E-state index contributed by atoms with van der Waals surface area (Å²) in [5.41, 5.74) is 6.63. The number of H-pyrrole nitrogens is 1. The molecule has 0 aliphatic carbocycles. The fraction of sp³-hybridized carbons (Fsp3) is 0.167. The van der Waals surface area contributed by atoms with Crippen LogP contribution in [0.4, 0.5) is 17.6 Å². The van der Waals surface area contributed by atoms with E-state index >= 15 is 0 Å². The van der Waals surface area contributed by atoms with Crippen molar-refractivity contribution in [3.05, 3.63) is 90.0 Å². The van der Waals surface area contributed by atoms with Crippen LogP contribution in [0.25, 0.3) is 22.2 Å². The second kappa shape index (κ2) is 10.7. The van der Waals surface area contributed by atoms with E-state index in [0.717, 1.165) is 36.1 Å². The number of carboxylic acids is 1. The highest BCUT2D eigenvalue weighted by atomic mass is 19.4. The van der Waals surface area contributed by atoms with Crippen molar-refractivity contribution in [1.29, 1.82) is 0 Å². The molecular formula is C24H21F4N3O2. The van der Waals surface area contributed by atoms with Gasteiger partial charge in [0.2, 0.25) is 0 Å². The van der Waals surface area contributed by atoms with Crippen LogP contribution in [0.3, 0.4) is 0 Å². The van der Waals surface area contributed by atoms with E-state index in [0.29, 0.717) is 0 Å². The van der Waals surface area contributed by atoms with Crippen molar-refractivity contribution in [1.82, 2.24) is 15.3 Å². The van der Waals surface area contributed by atoms with E-state index in [4.69, 9.17) is 9.90 Å². The Balaban J connectivity index is 0.000000383. The van der Waals surface area contributed by atoms with Crippen LogP contribution >= 0.6 is 0 Å². The molecule has 172 valence electrons. The summed E-state index contributed by atoms with van der Waals surface area (Å²) >= 11 is 0. The number of aliphatic carboxylic acids is 1. The molecule has 4 rings (SSSR count). The number of fused-ring (bicyclic) bond motifs is 1. The molecule has 0 unspecified atom stereocenters. The molecule has 0 saturated heterocycles. The molecule has 0 aliphatic rings. The molecule has 0 spiro atoms. The maximum Gasteiger partial charge on any atom is 0.490 e. The van der Waals surface area contributed by atoms with E-state index in [9.17, 15) is 17.6 Å². The van der Waals surface area contributed by atoms with Gasteiger partial charge < -0.3 is 15.4 Å². The summed E-state index contributed by atoms with van der Waals surface area (Å²) in [7, 11) is 0. The van der Waals surface area contributed by atoms with E-state index in [1.165, 1.54) is 22.8 Å². The number of hydrogen-bond donors (Lipinski definition) is 3. The fourth-order valence-corrected chi connectivity index (χ4v) is 3.09. The van der Waals surface area contributed by atoms with Crippen molar-refractivity contribution in [2.75, 3.05) is 6.54 Å². The molecule has 1 heterocycles. The van der Waals surface area contributed by atoms with Crippen molar-refractivity contribution >= 4 is 17.0 Å². The molecule has 5 nitrogen and oxygen atoms in total. The van der Waals surface area contributed by atoms with Crippen LogP contribution in [0.15, 0.2) is 73.1 Å². The normalized spacial score (nSPS) is 11.2. The van der Waals surface area contributed by atoms with E-state index in [-0.39, 0.29) is 5.82 Å². The van der Waals surface area contributed by atoms with Crippen molar-refractivity contribution in [3.63, 3.8) is 0 Å². The summed E-state index contributed by atoms with van der Waals surface area (Å²) in [4.78, 5) is 16.3. The Morgan fingerprint density at radius 1 is 0.970 bits per heavy atom. The molecule has 0 fully saturated rings. The first kappa shape index (κ1) is 23.9. The van der Waals surface area contributed by atoms with Gasteiger partial charge in [0.05, 0.1) is 17.4 Å². The minimum Gasteiger partial charge on any atom is -0.475 e. The van der Waals surface area contributed by atoms with Gasteiger partial charge in [-0.2, -0.15) is 13.2 Å². The third-order valence-corrected chi connectivity index (χ3v) is 4.76. The number of hydrogen-bond acceptors (Lipinski definition) is 3. The van der Waals surface area contributed by atoms with Crippen molar-refractivity contribution in [3.8, 4) is 11.1 Å². The molecule has 0 radical (unpaired) electrons. The van der Waals surface area contributed by atoms with E-state index in [1.54, 1.807) is 18.5 Å². The Bertz CT molecular complexity index is 1200. The number of imidazole rings is 1. The Labute approximate surface area is 187 Å². The maximum absolute atomic E-state index is 13.2. The van der Waals surface area contributed by atoms with Crippen molar-refractivity contribution in [2.45, 2.75) is 19.1 Å². The number of carboxylic acid groups (broad SMARTS) is 1. The lowest BCUT2D eigenvalue weighted by molar-refractivity contribution is -0.192. The van der Waals surface area contributed by atoms with Crippen LogP contribution in [0.1, 0.15) is 11.1 Å². The highest BCUT2D eigenvalue weighted by molar-refractivity contribution is 5.81. The molecule has 4 aromatic rings. The van der Waals surface area contributed by atoms with Crippen molar-refractivity contribution in [2.24, 2.45) is 0 Å². The van der Waals surface area contributed by atoms with Crippen LogP contribution < -0.4 is 5.32 Å². The van der Waals surface area contributed by atoms with Crippen LogP contribution in [-0.2, 0) is 17.8 Å². The molecule has 0 atom stereocenters. The first-order valence-electron chi connectivity index (χ1n) is 10.00. The molecule has 33 heavy (non-hydrogen) atoms. The standard InChI is InChI=1S/C22H20FN3.C2HF3O2/c23-20-3-1-2-16(12-20)10-11-24-14-17-4-6-18(7-5-17)19-8-9-21-22(13-19)26-15-25-21;3-2(4,5)1(6)7/h1-9,12-13,15,24H,10-11,14H2,(H,25,26);(H,6,7). The molecule has 3 aromatic carbocycles. The summed E-state index contributed by atoms with van der Waals surface area (Å²) in [5.74, 6) is -2.93. The molecule has 0 bridgehead atoms. The number of rotatable bonds is 6. The van der Waals surface area contributed by atoms with Gasteiger partial charge in [-0.3, -0.25) is 0 Å². The zero-order valence-corrected chi connectivity index (χ0v) is 17.4. The number of benzene rings is 3. The SMILES string of the molecule is Fc1cccc(CCNCc2ccc(-c3ccc4nc[nH]c4c3)cc2)c1.O=C(O)C(F)(F)F. The third kappa shape index (κ3) is 7.15. The van der Waals surface area contributed by atoms with Gasteiger partial charge in [0.25, 0.3) is 0 Å². The Hall–Kier alpha value is -3.72. The van der Waals surface area contributed by atoms with Crippen LogP contribution in [0, 0.1) is 5.82 Å². The lowest BCUT2D eigenvalue weighted by atomic mass is 10.0. The number of aromatic nitrogens is 2. The minimum absolute atomic E-state index is 0.175. The molecule has 9 heteroatoms. The lowest BCUT2D eigenvalue weighted by Gasteiger charge is -2.07. The summed E-state index contributed by atoms with van der Waals surface area (Å²) in [6.07, 6.45) is -2.55. The van der Waals surface area contributed by atoms with Gasteiger partial charge in [-0.1, -0.05) is 42.5 Å². The first-order chi connectivity index (χ1) is 15.7. The van der Waals surface area contributed by atoms with Gasteiger partial charge in [-0.25, -0.2) is 14.2 Å². The smallest absolute Gasteiger partial charge is 0.475 e. The molecule has 0 aliphatic heterocycles. The molecular weight excluding hydrogens is 438 g/mol. The lowest BCUT2D eigenvalue weighted by Crippen LogP contribution is -2.21. The molecule has 0 saturated carbocycles. The highest BCUT2D eigenvalue weighted by Crippen LogP contribution is 2.23. The van der Waals surface area contributed by atoms with Gasteiger partial charge in [0, 0.05) is 6.54 Å². The quantitative estimate of drug-likeness (QED) is 0.269. The number of nitrogens with one attached hydrogen (secondary N) is 2. The number of carbonyl (C=O) groups is 1. The van der Waals surface area contributed by atoms with E-state index in [2.05, 4.69) is 51.7 Å². The monoisotopic (exact) mass is 459 g/mol. The predicted molar refractivity (Wildman–Crippen MR) is 117 cm³/mol. The van der Waals surface area contributed by atoms with E-state index in [1.807, 2.05) is 12.1 Å². The number of halogens is 4. The zero-order chi connectivity index (χ0) is 23.8. The summed E-state index contributed by atoms with van der Waals surface area (Å²) in [6.45, 7) is 1.62. The molecule has 3 N–H and O–H groups in total. The summed E-state index contributed by atoms with van der Waals surface area (Å²) in [5, 5.41) is 10.5. The van der Waals surface area contributed by atoms with Gasteiger partial charge in [0.15, 0.2) is 0 Å². The predicted octanol–water partition coefficient (Wildman–Crippen LogP) is 5.33. The third-order valence-electron chi connectivity index (χ3n) is 4.76. The van der Waals surface area contributed by atoms with Gasteiger partial charge >= 0.3 is 12.1 Å². The first-order valence-corrected chi connectivity index (χ1v) is 10.00. The Kier molecular flexibility index (Phi) is 7.78. The summed E-state index contributed by atoms with van der Waals surface area (Å²) < 4.78 is 44.9. The van der Waals surface area contributed by atoms with Gasteiger partial charge in [-0.15, -0.1) is 0 Å². The van der Waals surface area contributed by atoms with Gasteiger partial charge in [0.1, 0.15) is 5.82 Å². The van der Waals surface area contributed by atoms with Crippen molar-refractivity contribution < 1.29 is 27.5 Å². The molecule has 1 aromatic heterocycles. The second-order valence-electron chi connectivity index (χ2n) is 7.19. The zero-order valence-electron chi connectivity index (χ0n) is 17.4. The number of alkyl halides is 3. The largest absolute Gasteiger partial charge is 0.490 e. The Morgan fingerprint density at radius 2 is 1.67 bits per heavy atom. The number of aromatic amines is 1. The van der Waals surface area contributed by atoms with Crippen LogP contribution in [0.5, 0.6) is 0 Å². The average molecular weight is 459 g/mol. The van der Waals surface area contributed by atoms with Gasteiger partial charge in [-0.05, 0) is 59.5 Å².